The Hall–Kier alpha value is -3.68. The van der Waals surface area contributed by atoms with Crippen LogP contribution in [0.15, 0.2) is 46.1 Å². The molecule has 1 saturated heterocycles. The van der Waals surface area contributed by atoms with Gasteiger partial charge >= 0.3 is 31.7 Å². The van der Waals surface area contributed by atoms with Crippen LogP contribution in [0, 0.1) is 0 Å². The van der Waals surface area contributed by atoms with Crippen LogP contribution in [-0.4, -0.2) is 57.4 Å². The number of hydrogen-bond donors (Lipinski definition) is 2. The van der Waals surface area contributed by atoms with E-state index in [1.54, 1.807) is 0 Å². The quantitative estimate of drug-likeness (QED) is 0.349. The van der Waals surface area contributed by atoms with Gasteiger partial charge in [0.25, 0.3) is 0 Å². The summed E-state index contributed by atoms with van der Waals surface area (Å²) in [5.41, 5.74) is 4.30. The lowest BCUT2D eigenvalue weighted by molar-refractivity contribution is -0.174. The van der Waals surface area contributed by atoms with E-state index in [2.05, 4.69) is 9.73 Å². The molecule has 2 aromatic rings. The highest BCUT2D eigenvalue weighted by Gasteiger charge is 2.62. The predicted molar refractivity (Wildman–Crippen MR) is 116 cm³/mol. The number of benzene rings is 1. The molecule has 194 valence electrons. The van der Waals surface area contributed by atoms with Crippen molar-refractivity contribution in [3.05, 3.63) is 47.0 Å². The highest BCUT2D eigenvalue weighted by molar-refractivity contribution is 7.34. The number of aromatic nitrogens is 2. The summed E-state index contributed by atoms with van der Waals surface area (Å²) >= 11 is 0. The molecule has 16 heteroatoms. The van der Waals surface area contributed by atoms with E-state index in [1.807, 2.05) is 0 Å². The number of anilines is 1. The number of esters is 1. The number of rotatable bonds is 9. The first-order valence-electron chi connectivity index (χ1n) is 10.3. The van der Waals surface area contributed by atoms with Crippen molar-refractivity contribution in [1.82, 2.24) is 9.55 Å². The summed E-state index contributed by atoms with van der Waals surface area (Å²) < 4.78 is 55.3. The van der Waals surface area contributed by atoms with Gasteiger partial charge in [0.2, 0.25) is 12.0 Å². The monoisotopic (exact) mass is 530 g/mol. The highest BCUT2D eigenvalue weighted by Crippen LogP contribution is 2.44. The molecule has 0 spiro atoms. The molecule has 1 aromatic carbocycles. The molecule has 1 aliphatic heterocycles. The maximum absolute atomic E-state index is 15.2. The van der Waals surface area contributed by atoms with Crippen molar-refractivity contribution < 1.29 is 47.1 Å². The number of alkyl halides is 2. The Kier molecular flexibility index (Phi) is 8.17. The van der Waals surface area contributed by atoms with Gasteiger partial charge in [0.05, 0.1) is 0 Å². The molecule has 0 saturated carbocycles. The summed E-state index contributed by atoms with van der Waals surface area (Å²) in [7, 11) is -2.81. The predicted octanol–water partition coefficient (Wildman–Crippen LogP) is 1.08. The molecule has 0 amide bonds. The van der Waals surface area contributed by atoms with Crippen LogP contribution in [-0.2, 0) is 19.1 Å². The number of para-hydroxylation sites is 2. The first kappa shape index (κ1) is 26.9. The van der Waals surface area contributed by atoms with Crippen LogP contribution in [0.3, 0.4) is 0 Å². The van der Waals surface area contributed by atoms with Gasteiger partial charge in [-0.2, -0.15) is 13.8 Å². The third kappa shape index (κ3) is 6.11. The number of ether oxygens (including phenoxy) is 3. The van der Waals surface area contributed by atoms with E-state index in [1.165, 1.54) is 31.2 Å². The van der Waals surface area contributed by atoms with Crippen LogP contribution in [0.25, 0.3) is 0 Å². The second-order valence-corrected chi connectivity index (χ2v) is 8.38. The minimum Gasteiger partial charge on any atom is -0.575 e. The average Bonchev–Trinajstić information content (AvgIpc) is 3.02. The Balaban J connectivity index is 1.83. The lowest BCUT2D eigenvalue weighted by Gasteiger charge is -2.23. The van der Waals surface area contributed by atoms with Crippen molar-refractivity contribution in [2.75, 3.05) is 12.3 Å². The van der Waals surface area contributed by atoms with Gasteiger partial charge < -0.3 is 29.9 Å². The fourth-order valence-corrected chi connectivity index (χ4v) is 3.89. The lowest BCUT2D eigenvalue weighted by atomic mass is 10.1. The van der Waals surface area contributed by atoms with Crippen molar-refractivity contribution in [2.45, 2.75) is 44.2 Å². The molecule has 5 atom stereocenters. The van der Waals surface area contributed by atoms with Crippen LogP contribution in [0.5, 0.6) is 11.5 Å². The summed E-state index contributed by atoms with van der Waals surface area (Å²) in [4.78, 5) is 50.0. The summed E-state index contributed by atoms with van der Waals surface area (Å²) in [5, 5.41) is 8.88. The number of carboxylic acid groups (broad SMARTS) is 1. The molecule has 36 heavy (non-hydrogen) atoms. The van der Waals surface area contributed by atoms with E-state index in [0.717, 1.165) is 19.2 Å². The van der Waals surface area contributed by atoms with Gasteiger partial charge in [-0.15, -0.1) is 0 Å². The van der Waals surface area contributed by atoms with E-state index in [9.17, 15) is 19.3 Å². The van der Waals surface area contributed by atoms with Crippen LogP contribution in [0.1, 0.15) is 20.1 Å². The first-order valence-corrected chi connectivity index (χ1v) is 11.4. The third-order valence-electron chi connectivity index (χ3n) is 4.80. The van der Waals surface area contributed by atoms with Gasteiger partial charge in [0.1, 0.15) is 18.5 Å². The van der Waals surface area contributed by atoms with Crippen molar-refractivity contribution in [2.24, 2.45) is 4.74 Å². The molecule has 0 aliphatic carbocycles. The Bertz CT molecular complexity index is 1230. The molecule has 1 aliphatic rings. The molecule has 1 aromatic heterocycles. The van der Waals surface area contributed by atoms with E-state index in [0.29, 0.717) is 4.57 Å². The minimum atomic E-state index is -3.87. The average molecular weight is 530 g/mol. The number of carbonyl (C=O) groups excluding carboxylic acids is 1. The number of nitrogens with zero attached hydrogens (tertiary/aromatic N) is 3. The minimum absolute atomic E-state index is 0.0673. The molecule has 0 bridgehead atoms. The van der Waals surface area contributed by atoms with Crippen molar-refractivity contribution in [1.29, 1.82) is 0 Å². The largest absolute Gasteiger partial charge is 0.575 e. The van der Waals surface area contributed by atoms with Crippen molar-refractivity contribution in [3.8, 4) is 11.5 Å². The summed E-state index contributed by atoms with van der Waals surface area (Å²) in [6, 6.07) is 5.51. The Morgan fingerprint density at radius 1 is 1.36 bits per heavy atom. The molecule has 3 N–H and O–H groups in total. The molecule has 3 rings (SSSR count). The zero-order chi connectivity index (χ0) is 26.6. The lowest BCUT2D eigenvalue weighted by Crippen LogP contribution is -2.44. The first-order chi connectivity index (χ1) is 16.9. The van der Waals surface area contributed by atoms with E-state index >= 15 is 8.78 Å². The van der Waals surface area contributed by atoms with Gasteiger partial charge in [0.15, 0.2) is 17.9 Å². The van der Waals surface area contributed by atoms with Gasteiger partial charge in [-0.25, -0.2) is 9.59 Å². The second-order valence-electron chi connectivity index (χ2n) is 7.49. The molecule has 1 fully saturated rings. The van der Waals surface area contributed by atoms with Gasteiger partial charge in [-0.3, -0.25) is 13.9 Å². The van der Waals surface area contributed by atoms with Gasteiger partial charge in [0, 0.05) is 13.1 Å². The molecule has 0 radical (unpaired) electrons. The van der Waals surface area contributed by atoms with Gasteiger partial charge in [-0.05, 0) is 25.1 Å². The van der Waals surface area contributed by atoms with Crippen molar-refractivity contribution in [3.63, 3.8) is 0 Å². The zero-order valence-electron chi connectivity index (χ0n) is 18.8. The smallest absolute Gasteiger partial charge is 0.395 e. The molecule has 3 unspecified atom stereocenters. The summed E-state index contributed by atoms with van der Waals surface area (Å²) in [6.07, 6.45) is -4.91. The molecule has 2 heterocycles. The topological polar surface area (TPSA) is 188 Å². The highest BCUT2D eigenvalue weighted by atomic mass is 31.1. The van der Waals surface area contributed by atoms with Gasteiger partial charge in [-0.1, -0.05) is 16.9 Å². The van der Waals surface area contributed by atoms with E-state index < -0.39 is 62.8 Å². The van der Waals surface area contributed by atoms with Crippen LogP contribution in [0.2, 0.25) is 0 Å². The third-order valence-corrected chi connectivity index (χ3v) is 5.69. The molecule has 13 nitrogen and oxygen atoms in total. The van der Waals surface area contributed by atoms with Crippen LogP contribution < -0.4 is 25.6 Å². The zero-order valence-corrected chi connectivity index (χ0v) is 19.7. The number of hydrogen-bond acceptors (Lipinski definition) is 11. The van der Waals surface area contributed by atoms with Crippen molar-refractivity contribution >= 4 is 25.9 Å². The number of nitrogen functional groups attached to an aromatic ring is 1. The Morgan fingerprint density at radius 2 is 2.03 bits per heavy atom. The number of halogens is 2. The Labute approximate surface area is 203 Å². The SMILES string of the molecule is CC(=O)O[C@@H]1[C@@H](COc2ccccc2O/[P+]([O-])=N/C(C)C(=O)O)OC(n2ccc(N)nc2=O)C1(F)F. The maximum Gasteiger partial charge on any atom is 0.395 e. The number of carbonyl (C=O) groups is 2. The van der Waals surface area contributed by atoms with E-state index in [4.69, 9.17) is 29.6 Å². The second kappa shape index (κ2) is 10.9. The fourth-order valence-electron chi connectivity index (χ4n) is 3.15. The molecular weight excluding hydrogens is 509 g/mol. The summed E-state index contributed by atoms with van der Waals surface area (Å²) in [6.45, 7) is 1.52. The Morgan fingerprint density at radius 3 is 2.64 bits per heavy atom. The fraction of sp³-hybridized carbons (Fsp3) is 0.400. The normalized spacial score (nSPS) is 22.0. The summed E-state index contributed by atoms with van der Waals surface area (Å²) in [5.74, 6) is -6.58. The standard InChI is InChI=1S/C20H21F2N4O9P/c1-10(17(28)29)25-36(31)35-13-6-4-3-5-12(13)32-9-14-16(33-11(2)27)20(21,22)18(34-14)26-8-7-15(23)24-19(26)30/h3-8,10,14,16,18H,9H2,1-2H3,(H,28,29)(H2,23,24,30)/t10?,14-,16-,18?/m1/s1. The van der Waals surface area contributed by atoms with E-state index in [-0.39, 0.29) is 17.3 Å². The number of carboxylic acids is 1. The maximum atomic E-state index is 15.2. The number of nitrogens with two attached hydrogens (primary N) is 1. The number of aliphatic carboxylic acids is 1. The van der Waals surface area contributed by atoms with Crippen LogP contribution >= 0.6 is 8.17 Å². The molecular formula is C20H21F2N4O9P. The van der Waals surface area contributed by atoms with Crippen LogP contribution in [0.4, 0.5) is 14.6 Å².